The Kier molecular flexibility index (Phi) is 5.75. The van der Waals surface area contributed by atoms with Crippen LogP contribution in [0.2, 0.25) is 0 Å². The number of ether oxygens (including phenoxy) is 1. The fraction of sp³-hybridized carbons (Fsp3) is 0.357. The molecule has 0 aromatic carbocycles. The molecule has 23 heavy (non-hydrogen) atoms. The van der Waals surface area contributed by atoms with E-state index < -0.39 is 5.97 Å². The van der Waals surface area contributed by atoms with Crippen LogP contribution in [0.25, 0.3) is 0 Å². The van der Waals surface area contributed by atoms with Crippen LogP contribution in [-0.2, 0) is 17.8 Å². The molecule has 9 nitrogen and oxygen atoms in total. The number of methoxy groups -OCH3 is 1. The zero-order valence-electron chi connectivity index (χ0n) is 12.7. The first-order valence-corrected chi connectivity index (χ1v) is 7.05. The number of hydrogen-bond donors (Lipinski definition) is 2. The van der Waals surface area contributed by atoms with Crippen LogP contribution >= 0.6 is 0 Å². The van der Waals surface area contributed by atoms with Gasteiger partial charge in [0.1, 0.15) is 0 Å². The highest BCUT2D eigenvalue weighted by atomic mass is 16.5. The van der Waals surface area contributed by atoms with Crippen molar-refractivity contribution in [2.75, 3.05) is 13.7 Å². The Hall–Kier alpha value is -2.81. The van der Waals surface area contributed by atoms with Gasteiger partial charge in [-0.1, -0.05) is 5.21 Å². The second-order valence-electron chi connectivity index (χ2n) is 4.72. The molecule has 0 spiro atoms. The quantitative estimate of drug-likeness (QED) is 0.674. The van der Waals surface area contributed by atoms with E-state index in [1.807, 2.05) is 0 Å². The van der Waals surface area contributed by atoms with Crippen LogP contribution < -0.4 is 11.1 Å². The number of amides is 1. The average molecular weight is 318 g/mol. The number of esters is 1. The van der Waals surface area contributed by atoms with Crippen LogP contribution in [0.5, 0.6) is 0 Å². The van der Waals surface area contributed by atoms with E-state index in [4.69, 9.17) is 5.73 Å². The van der Waals surface area contributed by atoms with Crippen molar-refractivity contribution >= 4 is 11.9 Å². The van der Waals surface area contributed by atoms with Crippen LogP contribution in [0.1, 0.15) is 33.0 Å². The molecule has 0 aliphatic carbocycles. The standard InChI is InChI=1S/C14H18N6O3/c1-23-14(22)10-3-5-16-11(7-10)8-17-13(21)12-9-20(19-18-12)6-2-4-15/h3,5,7,9H,2,4,6,8,15H2,1H3,(H,17,21). The fourth-order valence-electron chi connectivity index (χ4n) is 1.85. The summed E-state index contributed by atoms with van der Waals surface area (Å²) in [6.07, 6.45) is 3.80. The van der Waals surface area contributed by atoms with Crippen molar-refractivity contribution in [3.63, 3.8) is 0 Å². The number of carbonyl (C=O) groups excluding carboxylic acids is 2. The lowest BCUT2D eigenvalue weighted by atomic mass is 10.2. The van der Waals surface area contributed by atoms with Gasteiger partial charge in [-0.05, 0) is 25.1 Å². The molecule has 2 rings (SSSR count). The maximum atomic E-state index is 12.0. The van der Waals surface area contributed by atoms with E-state index in [9.17, 15) is 9.59 Å². The van der Waals surface area contributed by atoms with Gasteiger partial charge in [0.15, 0.2) is 5.69 Å². The Morgan fingerprint density at radius 1 is 1.43 bits per heavy atom. The van der Waals surface area contributed by atoms with Gasteiger partial charge in [0.2, 0.25) is 0 Å². The molecule has 3 N–H and O–H groups in total. The number of nitrogens with two attached hydrogens (primary N) is 1. The van der Waals surface area contributed by atoms with Crippen LogP contribution in [0.4, 0.5) is 0 Å². The lowest BCUT2D eigenvalue weighted by Gasteiger charge is -2.04. The minimum absolute atomic E-state index is 0.166. The van der Waals surface area contributed by atoms with Crippen molar-refractivity contribution in [2.45, 2.75) is 19.5 Å². The van der Waals surface area contributed by atoms with E-state index in [-0.39, 0.29) is 18.1 Å². The molecule has 122 valence electrons. The highest BCUT2D eigenvalue weighted by Gasteiger charge is 2.12. The van der Waals surface area contributed by atoms with Gasteiger partial charge in [-0.25, -0.2) is 4.79 Å². The molecule has 2 heterocycles. The maximum Gasteiger partial charge on any atom is 0.337 e. The summed E-state index contributed by atoms with van der Waals surface area (Å²) < 4.78 is 6.20. The second kappa shape index (κ2) is 7.99. The van der Waals surface area contributed by atoms with Crippen molar-refractivity contribution < 1.29 is 14.3 Å². The summed E-state index contributed by atoms with van der Waals surface area (Å²) in [6.45, 7) is 1.32. The summed E-state index contributed by atoms with van der Waals surface area (Å²) in [6, 6.07) is 3.10. The number of pyridine rings is 1. The predicted molar refractivity (Wildman–Crippen MR) is 80.4 cm³/mol. The number of nitrogens with zero attached hydrogens (tertiary/aromatic N) is 4. The Balaban J connectivity index is 1.93. The van der Waals surface area contributed by atoms with E-state index in [0.717, 1.165) is 6.42 Å². The molecule has 1 amide bonds. The Morgan fingerprint density at radius 2 is 2.26 bits per heavy atom. The van der Waals surface area contributed by atoms with Crippen LogP contribution in [0.3, 0.4) is 0 Å². The van der Waals surface area contributed by atoms with E-state index in [1.165, 1.54) is 13.3 Å². The molecule has 9 heteroatoms. The smallest absolute Gasteiger partial charge is 0.337 e. The molecule has 0 unspecified atom stereocenters. The third kappa shape index (κ3) is 4.58. The lowest BCUT2D eigenvalue weighted by molar-refractivity contribution is 0.0600. The van der Waals surface area contributed by atoms with Crippen LogP contribution in [-0.4, -0.2) is 45.5 Å². The predicted octanol–water partition coefficient (Wildman–Crippen LogP) is -0.261. The van der Waals surface area contributed by atoms with E-state index in [2.05, 4.69) is 25.3 Å². The SMILES string of the molecule is COC(=O)c1ccnc(CNC(=O)c2cn(CCCN)nn2)c1. The molecule has 0 fully saturated rings. The third-order valence-electron chi connectivity index (χ3n) is 3.03. The molecule has 0 radical (unpaired) electrons. The normalized spacial score (nSPS) is 10.3. The minimum Gasteiger partial charge on any atom is -0.465 e. The van der Waals surface area contributed by atoms with Crippen molar-refractivity contribution in [3.05, 3.63) is 41.5 Å². The number of nitrogens with one attached hydrogen (secondary N) is 1. The van der Waals surface area contributed by atoms with Gasteiger partial charge in [0, 0.05) is 12.7 Å². The summed E-state index contributed by atoms with van der Waals surface area (Å²) in [5.41, 5.74) is 6.55. The lowest BCUT2D eigenvalue weighted by Crippen LogP contribution is -2.24. The van der Waals surface area contributed by atoms with Crippen molar-refractivity contribution in [2.24, 2.45) is 5.73 Å². The molecule has 0 atom stereocenters. The molecule has 0 saturated heterocycles. The number of hydrogen-bond acceptors (Lipinski definition) is 7. The van der Waals surface area contributed by atoms with Crippen LogP contribution in [0.15, 0.2) is 24.5 Å². The third-order valence-corrected chi connectivity index (χ3v) is 3.03. The first-order valence-electron chi connectivity index (χ1n) is 7.05. The first-order chi connectivity index (χ1) is 11.1. The maximum absolute atomic E-state index is 12.0. The van der Waals surface area contributed by atoms with Gasteiger partial charge < -0.3 is 15.8 Å². The summed E-state index contributed by atoms with van der Waals surface area (Å²) in [7, 11) is 1.30. The van der Waals surface area contributed by atoms with Gasteiger partial charge in [0.25, 0.3) is 5.91 Å². The highest BCUT2D eigenvalue weighted by molar-refractivity contribution is 5.92. The molecule has 2 aromatic rings. The minimum atomic E-state index is -0.456. The first kappa shape index (κ1) is 16.6. The number of carbonyl (C=O) groups is 2. The average Bonchev–Trinajstić information content (AvgIpc) is 3.06. The highest BCUT2D eigenvalue weighted by Crippen LogP contribution is 2.04. The largest absolute Gasteiger partial charge is 0.465 e. The molecule has 0 bridgehead atoms. The summed E-state index contributed by atoms with van der Waals surface area (Å²) in [4.78, 5) is 27.5. The van der Waals surface area contributed by atoms with E-state index in [1.54, 1.807) is 23.0 Å². The number of aromatic nitrogens is 4. The summed E-state index contributed by atoms with van der Waals surface area (Å²) >= 11 is 0. The second-order valence-corrected chi connectivity index (χ2v) is 4.72. The van der Waals surface area contributed by atoms with Crippen molar-refractivity contribution in [3.8, 4) is 0 Å². The van der Waals surface area contributed by atoms with Crippen molar-refractivity contribution in [1.82, 2.24) is 25.3 Å². The number of rotatable bonds is 7. The zero-order valence-corrected chi connectivity index (χ0v) is 12.7. The molecule has 2 aromatic heterocycles. The van der Waals surface area contributed by atoms with Crippen molar-refractivity contribution in [1.29, 1.82) is 0 Å². The zero-order chi connectivity index (χ0) is 16.7. The van der Waals surface area contributed by atoms with Gasteiger partial charge in [-0.3, -0.25) is 14.5 Å². The Morgan fingerprint density at radius 3 is 3.00 bits per heavy atom. The Labute approximate surface area is 132 Å². The van der Waals surface area contributed by atoms with Gasteiger partial charge in [-0.2, -0.15) is 0 Å². The molecular formula is C14H18N6O3. The monoisotopic (exact) mass is 318 g/mol. The Bertz CT molecular complexity index is 685. The molecule has 0 aliphatic rings. The van der Waals surface area contributed by atoms with E-state index in [0.29, 0.717) is 24.3 Å². The topological polar surface area (TPSA) is 125 Å². The van der Waals surface area contributed by atoms with Gasteiger partial charge in [-0.15, -0.1) is 5.10 Å². The van der Waals surface area contributed by atoms with E-state index >= 15 is 0 Å². The number of aryl methyl sites for hydroxylation is 1. The van der Waals surface area contributed by atoms with Gasteiger partial charge >= 0.3 is 5.97 Å². The van der Waals surface area contributed by atoms with Crippen LogP contribution in [0, 0.1) is 0 Å². The van der Waals surface area contributed by atoms with Gasteiger partial charge in [0.05, 0.1) is 31.1 Å². The molecule has 0 aliphatic heterocycles. The molecular weight excluding hydrogens is 300 g/mol. The fourth-order valence-corrected chi connectivity index (χ4v) is 1.85. The summed E-state index contributed by atoms with van der Waals surface area (Å²) in [5.74, 6) is -0.822. The summed E-state index contributed by atoms with van der Waals surface area (Å²) in [5, 5.41) is 10.3. The molecule has 0 saturated carbocycles.